The molecule has 1 N–H and O–H groups in total. The van der Waals surface area contributed by atoms with Crippen LogP contribution in [0.3, 0.4) is 0 Å². The molecule has 1 unspecified atom stereocenters. The molecule has 0 aliphatic rings. The number of nitrogens with one attached hydrogen (secondary N) is 1. The lowest BCUT2D eigenvalue weighted by molar-refractivity contribution is -0.118. The second-order valence-corrected chi connectivity index (χ2v) is 6.76. The van der Waals surface area contributed by atoms with Gasteiger partial charge in [-0.3, -0.25) is 14.2 Å². The minimum absolute atomic E-state index is 0.292. The van der Waals surface area contributed by atoms with Gasteiger partial charge in [-0.1, -0.05) is 0 Å². The molecule has 0 radical (unpaired) electrons. The van der Waals surface area contributed by atoms with Crippen LogP contribution in [0.2, 0.25) is 0 Å². The Bertz CT molecular complexity index is 1180. The van der Waals surface area contributed by atoms with Gasteiger partial charge >= 0.3 is 0 Å². The van der Waals surface area contributed by atoms with Gasteiger partial charge in [0.25, 0.3) is 5.56 Å². The smallest absolute Gasteiger partial charge is 0.272 e. The second kappa shape index (κ2) is 6.30. The average Bonchev–Trinajstić information content (AvgIpc) is 3.03. The fourth-order valence-corrected chi connectivity index (χ4v) is 3.70. The molecule has 4 rings (SSSR count). The van der Waals surface area contributed by atoms with Crippen molar-refractivity contribution >= 4 is 43.4 Å². The molecule has 0 fully saturated rings. The molecule has 0 saturated heterocycles. The molecule has 0 spiro atoms. The third-order valence-electron chi connectivity index (χ3n) is 4.09. The number of rotatable bonds is 3. The van der Waals surface area contributed by atoms with E-state index in [1.54, 1.807) is 19.2 Å². The number of carbonyl (C=O) groups excluding carboxylic acids is 1. The minimum atomic E-state index is -0.775. The zero-order valence-electron chi connectivity index (χ0n) is 13.6. The first-order chi connectivity index (χ1) is 12.5. The van der Waals surface area contributed by atoms with Crippen LogP contribution in [0, 0.1) is 5.82 Å². The van der Waals surface area contributed by atoms with Crippen LogP contribution in [0.1, 0.15) is 13.0 Å². The van der Waals surface area contributed by atoms with Gasteiger partial charge in [-0.05, 0) is 43.3 Å². The zero-order chi connectivity index (χ0) is 18.3. The predicted molar refractivity (Wildman–Crippen MR) is 98.9 cm³/mol. The van der Waals surface area contributed by atoms with Crippen LogP contribution in [-0.4, -0.2) is 20.4 Å². The van der Waals surface area contributed by atoms with E-state index in [9.17, 15) is 14.0 Å². The third-order valence-corrected chi connectivity index (χ3v) is 5.18. The van der Waals surface area contributed by atoms with Gasteiger partial charge in [-0.15, -0.1) is 11.3 Å². The molecule has 0 aliphatic carbocycles. The van der Waals surface area contributed by atoms with Crippen LogP contribution in [0.5, 0.6) is 0 Å². The summed E-state index contributed by atoms with van der Waals surface area (Å²) in [6.07, 6.45) is 3.04. The fraction of sp³-hybridized carbons (Fsp3) is 0.111. The van der Waals surface area contributed by atoms with E-state index in [2.05, 4.69) is 15.3 Å². The summed E-state index contributed by atoms with van der Waals surface area (Å²) in [5.41, 5.74) is 0.752. The number of fused-ring (bicyclic) bond motifs is 3. The Balaban J connectivity index is 1.70. The highest BCUT2D eigenvalue weighted by molar-refractivity contribution is 7.25. The van der Waals surface area contributed by atoms with Crippen molar-refractivity contribution < 1.29 is 9.18 Å². The number of aromatic nitrogens is 3. The Hall–Kier alpha value is -3.13. The number of anilines is 1. The van der Waals surface area contributed by atoms with Crippen LogP contribution in [0.15, 0.2) is 53.7 Å². The summed E-state index contributed by atoms with van der Waals surface area (Å²) in [7, 11) is 0. The van der Waals surface area contributed by atoms with Gasteiger partial charge in [0.15, 0.2) is 0 Å². The van der Waals surface area contributed by atoms with E-state index in [0.29, 0.717) is 15.9 Å². The van der Waals surface area contributed by atoms with Crippen molar-refractivity contribution in [3.05, 3.63) is 65.1 Å². The SMILES string of the molecule is CC(C(=O)Nc1ccc(F)cc1)n1cnc2c(sc3ncccc32)c1=O. The van der Waals surface area contributed by atoms with Crippen LogP contribution in [0.4, 0.5) is 10.1 Å². The molecule has 0 saturated carbocycles. The molecule has 26 heavy (non-hydrogen) atoms. The maximum Gasteiger partial charge on any atom is 0.272 e. The van der Waals surface area contributed by atoms with Crippen LogP contribution >= 0.6 is 11.3 Å². The van der Waals surface area contributed by atoms with Gasteiger partial charge in [0, 0.05) is 17.3 Å². The van der Waals surface area contributed by atoms with Crippen LogP contribution in [-0.2, 0) is 4.79 Å². The molecule has 0 aliphatic heterocycles. The lowest BCUT2D eigenvalue weighted by atomic mass is 10.2. The summed E-state index contributed by atoms with van der Waals surface area (Å²) in [6.45, 7) is 1.61. The number of hydrogen-bond donors (Lipinski definition) is 1. The predicted octanol–water partition coefficient (Wildman–Crippen LogP) is 3.35. The molecule has 3 heterocycles. The first-order valence-electron chi connectivity index (χ1n) is 7.85. The molecular weight excluding hydrogens is 355 g/mol. The maximum absolute atomic E-state index is 13.0. The first kappa shape index (κ1) is 16.3. The van der Waals surface area contributed by atoms with Gasteiger partial charge in [0.1, 0.15) is 21.4 Å². The van der Waals surface area contributed by atoms with Gasteiger partial charge < -0.3 is 5.32 Å². The molecule has 1 amide bonds. The number of halogens is 1. The summed E-state index contributed by atoms with van der Waals surface area (Å²) in [5.74, 6) is -0.778. The summed E-state index contributed by atoms with van der Waals surface area (Å²) in [4.78, 5) is 34.6. The Kier molecular flexibility index (Phi) is 3.96. The van der Waals surface area contributed by atoms with Crippen molar-refractivity contribution in [2.75, 3.05) is 5.32 Å². The number of benzene rings is 1. The van der Waals surface area contributed by atoms with Gasteiger partial charge in [-0.2, -0.15) is 0 Å². The van der Waals surface area contributed by atoms with E-state index in [4.69, 9.17) is 0 Å². The lowest BCUT2D eigenvalue weighted by Crippen LogP contribution is -2.31. The Morgan fingerprint density at radius 3 is 2.77 bits per heavy atom. The normalized spacial score (nSPS) is 12.4. The molecule has 8 heteroatoms. The van der Waals surface area contributed by atoms with Crippen molar-refractivity contribution in [1.29, 1.82) is 0 Å². The molecule has 1 atom stereocenters. The Morgan fingerprint density at radius 2 is 2.00 bits per heavy atom. The summed E-state index contributed by atoms with van der Waals surface area (Å²) < 4.78 is 14.7. The standard InChI is InChI=1S/C18H13FN4O2S/c1-10(16(24)22-12-6-4-11(19)5-7-12)23-9-21-14-13-3-2-8-20-17(13)26-15(14)18(23)25/h2-10H,1H3,(H,22,24). The van der Waals surface area contributed by atoms with Gasteiger partial charge in [0.2, 0.25) is 5.91 Å². The Labute approximate surface area is 150 Å². The fourth-order valence-electron chi connectivity index (χ4n) is 2.66. The summed E-state index contributed by atoms with van der Waals surface area (Å²) in [5, 5.41) is 3.49. The molecule has 1 aromatic carbocycles. The number of hydrogen-bond acceptors (Lipinski definition) is 5. The molecule has 3 aromatic heterocycles. The quantitative estimate of drug-likeness (QED) is 0.602. The molecule has 130 valence electrons. The maximum atomic E-state index is 13.0. The number of nitrogens with zero attached hydrogens (tertiary/aromatic N) is 3. The highest BCUT2D eigenvalue weighted by Gasteiger charge is 2.20. The zero-order valence-corrected chi connectivity index (χ0v) is 14.5. The van der Waals surface area contributed by atoms with E-state index in [1.165, 1.54) is 46.5 Å². The van der Waals surface area contributed by atoms with Crippen LogP contribution < -0.4 is 10.9 Å². The van der Waals surface area contributed by atoms with Crippen LogP contribution in [0.25, 0.3) is 20.4 Å². The van der Waals surface area contributed by atoms with E-state index >= 15 is 0 Å². The molecule has 4 aromatic rings. The average molecular weight is 368 g/mol. The molecular formula is C18H13FN4O2S. The summed E-state index contributed by atoms with van der Waals surface area (Å²) >= 11 is 1.26. The van der Waals surface area contributed by atoms with E-state index in [-0.39, 0.29) is 17.3 Å². The van der Waals surface area contributed by atoms with Gasteiger partial charge in [-0.25, -0.2) is 14.4 Å². The van der Waals surface area contributed by atoms with Crippen molar-refractivity contribution in [3.63, 3.8) is 0 Å². The minimum Gasteiger partial charge on any atom is -0.324 e. The summed E-state index contributed by atoms with van der Waals surface area (Å²) in [6, 6.07) is 8.31. The highest BCUT2D eigenvalue weighted by atomic mass is 32.1. The number of thiophene rings is 1. The topological polar surface area (TPSA) is 76.9 Å². The number of pyridine rings is 1. The second-order valence-electron chi connectivity index (χ2n) is 5.77. The van der Waals surface area contributed by atoms with Crippen molar-refractivity contribution in [2.24, 2.45) is 0 Å². The lowest BCUT2D eigenvalue weighted by Gasteiger charge is -2.14. The first-order valence-corrected chi connectivity index (χ1v) is 8.67. The van der Waals surface area contributed by atoms with Crippen molar-refractivity contribution in [1.82, 2.24) is 14.5 Å². The van der Waals surface area contributed by atoms with Crippen molar-refractivity contribution in [2.45, 2.75) is 13.0 Å². The largest absolute Gasteiger partial charge is 0.324 e. The number of amides is 1. The van der Waals surface area contributed by atoms with E-state index in [1.807, 2.05) is 6.07 Å². The molecule has 0 bridgehead atoms. The Morgan fingerprint density at radius 1 is 1.23 bits per heavy atom. The number of carbonyl (C=O) groups is 1. The third kappa shape index (κ3) is 2.74. The van der Waals surface area contributed by atoms with Gasteiger partial charge in [0.05, 0.1) is 11.8 Å². The molecule has 6 nitrogen and oxygen atoms in total. The van der Waals surface area contributed by atoms with E-state index < -0.39 is 6.04 Å². The van der Waals surface area contributed by atoms with E-state index in [0.717, 1.165) is 10.2 Å². The highest BCUT2D eigenvalue weighted by Crippen LogP contribution is 2.28. The van der Waals surface area contributed by atoms with Crippen molar-refractivity contribution in [3.8, 4) is 0 Å². The monoisotopic (exact) mass is 368 g/mol.